The van der Waals surface area contributed by atoms with Crippen molar-refractivity contribution in [1.82, 2.24) is 4.90 Å². The van der Waals surface area contributed by atoms with Crippen molar-refractivity contribution in [2.45, 2.75) is 6.10 Å². The lowest BCUT2D eigenvalue weighted by atomic mass is 10.2. The highest BCUT2D eigenvalue weighted by Crippen LogP contribution is 2.32. The van der Waals surface area contributed by atoms with Gasteiger partial charge in [-0.1, -0.05) is 23.7 Å². The van der Waals surface area contributed by atoms with Crippen molar-refractivity contribution in [2.24, 2.45) is 0 Å². The Hall–Kier alpha value is -2.64. The minimum Gasteiger partial charge on any atom is -0.486 e. The molecule has 0 bridgehead atoms. The number of likely N-dealkylation sites (N-methyl/N-ethyl adjacent to an activating group) is 1. The van der Waals surface area contributed by atoms with Crippen LogP contribution in [-0.2, 0) is 4.74 Å². The zero-order valence-electron chi connectivity index (χ0n) is 16.3. The zero-order chi connectivity index (χ0) is 20.2. The van der Waals surface area contributed by atoms with Crippen LogP contribution < -0.4 is 19.7 Å². The van der Waals surface area contributed by atoms with Gasteiger partial charge in [-0.15, -0.1) is 0 Å². The summed E-state index contributed by atoms with van der Waals surface area (Å²) in [6, 6.07) is 12.8. The van der Waals surface area contributed by atoms with Crippen LogP contribution in [0.1, 0.15) is 0 Å². The van der Waals surface area contributed by atoms with E-state index in [9.17, 15) is 4.79 Å². The second-order valence-corrected chi connectivity index (χ2v) is 7.51. The number of nitrogens with zero attached hydrogens (tertiary/aromatic N) is 2. The predicted molar refractivity (Wildman–Crippen MR) is 112 cm³/mol. The summed E-state index contributed by atoms with van der Waals surface area (Å²) in [6.45, 7) is 3.66. The third-order valence-corrected chi connectivity index (χ3v) is 5.18. The summed E-state index contributed by atoms with van der Waals surface area (Å²) in [4.78, 5) is 16.6. The molecule has 0 saturated carbocycles. The van der Waals surface area contributed by atoms with E-state index in [1.165, 1.54) is 0 Å². The molecule has 4 rings (SSSR count). The largest absolute Gasteiger partial charge is 0.486 e. The Bertz CT molecular complexity index is 873. The number of anilines is 2. The van der Waals surface area contributed by atoms with Gasteiger partial charge < -0.3 is 29.3 Å². The number of rotatable bonds is 4. The van der Waals surface area contributed by atoms with Crippen LogP contribution in [0.3, 0.4) is 0 Å². The summed E-state index contributed by atoms with van der Waals surface area (Å²) >= 11 is 6.18. The number of halogens is 1. The molecule has 0 radical (unpaired) electrons. The quantitative estimate of drug-likeness (QED) is 0.825. The van der Waals surface area contributed by atoms with Crippen LogP contribution >= 0.6 is 11.6 Å². The van der Waals surface area contributed by atoms with E-state index in [4.69, 9.17) is 25.8 Å². The Morgan fingerprint density at radius 3 is 2.76 bits per heavy atom. The predicted octanol–water partition coefficient (Wildman–Crippen LogP) is 3.48. The van der Waals surface area contributed by atoms with Crippen molar-refractivity contribution >= 4 is 29.0 Å². The second-order valence-electron chi connectivity index (χ2n) is 7.07. The molecule has 29 heavy (non-hydrogen) atoms. The van der Waals surface area contributed by atoms with Crippen LogP contribution in [0, 0.1) is 0 Å². The molecule has 2 amide bonds. The highest BCUT2D eigenvalue weighted by molar-refractivity contribution is 6.31. The van der Waals surface area contributed by atoms with Crippen molar-refractivity contribution in [1.29, 1.82) is 0 Å². The fourth-order valence-electron chi connectivity index (χ4n) is 3.44. The van der Waals surface area contributed by atoms with Crippen LogP contribution in [0.25, 0.3) is 0 Å². The van der Waals surface area contributed by atoms with Gasteiger partial charge in [0.05, 0.1) is 31.1 Å². The summed E-state index contributed by atoms with van der Waals surface area (Å²) in [7, 11) is 1.73. The van der Waals surface area contributed by atoms with Crippen molar-refractivity contribution in [2.75, 3.05) is 56.7 Å². The number of carbonyl (C=O) groups excluding carboxylic acids is 1. The van der Waals surface area contributed by atoms with Crippen LogP contribution in [0.2, 0.25) is 5.02 Å². The second kappa shape index (κ2) is 8.80. The minimum absolute atomic E-state index is 0.232. The van der Waals surface area contributed by atoms with E-state index >= 15 is 0 Å². The van der Waals surface area contributed by atoms with Gasteiger partial charge in [-0.05, 0) is 30.3 Å². The molecule has 0 aromatic heterocycles. The first-order valence-electron chi connectivity index (χ1n) is 9.63. The Morgan fingerprint density at radius 2 is 1.97 bits per heavy atom. The Kier molecular flexibility index (Phi) is 5.97. The molecule has 154 valence electrons. The Balaban J connectivity index is 1.41. The number of nitrogens with one attached hydrogen (secondary N) is 1. The average molecular weight is 418 g/mol. The van der Waals surface area contributed by atoms with Gasteiger partial charge in [-0.3, -0.25) is 0 Å². The maximum Gasteiger partial charge on any atom is 0.321 e. The van der Waals surface area contributed by atoms with E-state index in [-0.39, 0.29) is 12.1 Å². The number of benzene rings is 2. The van der Waals surface area contributed by atoms with E-state index < -0.39 is 0 Å². The molecule has 0 spiro atoms. The van der Waals surface area contributed by atoms with E-state index in [0.29, 0.717) is 42.8 Å². The first-order chi connectivity index (χ1) is 14.1. The molecule has 1 atom stereocenters. The number of para-hydroxylation sites is 2. The van der Waals surface area contributed by atoms with Gasteiger partial charge in [0.1, 0.15) is 6.61 Å². The molecule has 1 N–H and O–H groups in total. The molecule has 2 aromatic rings. The molecule has 2 aliphatic heterocycles. The van der Waals surface area contributed by atoms with Gasteiger partial charge in [0.15, 0.2) is 17.6 Å². The Labute approximate surface area is 175 Å². The molecule has 1 saturated heterocycles. The first kappa shape index (κ1) is 19.7. The lowest BCUT2D eigenvalue weighted by molar-refractivity contribution is 0.0731. The Morgan fingerprint density at radius 1 is 1.21 bits per heavy atom. The minimum atomic E-state index is -0.237. The summed E-state index contributed by atoms with van der Waals surface area (Å²) in [5, 5.41) is 3.55. The van der Waals surface area contributed by atoms with Gasteiger partial charge >= 0.3 is 6.03 Å². The third kappa shape index (κ3) is 4.68. The first-order valence-corrected chi connectivity index (χ1v) is 10.0. The van der Waals surface area contributed by atoms with Gasteiger partial charge in [0.2, 0.25) is 0 Å². The molecule has 0 aliphatic carbocycles. The third-order valence-electron chi connectivity index (χ3n) is 4.94. The smallest absolute Gasteiger partial charge is 0.321 e. The topological polar surface area (TPSA) is 63.3 Å². The van der Waals surface area contributed by atoms with Gasteiger partial charge in [-0.2, -0.15) is 0 Å². The normalized spacial score (nSPS) is 18.3. The summed E-state index contributed by atoms with van der Waals surface area (Å²) in [6.07, 6.45) is -0.237. The molecule has 7 nitrogen and oxygen atoms in total. The van der Waals surface area contributed by atoms with E-state index in [1.807, 2.05) is 36.4 Å². The standard InChI is InChI=1S/C21H24ClN3O4/c1-24(13-16-14-28-19-4-2-3-5-20(19)29-16)21(26)23-17-12-15(22)6-7-18(17)25-8-10-27-11-9-25/h2-7,12,16H,8-11,13-14H2,1H3,(H,23,26)/t16-/m0/s1. The van der Waals surface area contributed by atoms with Crippen molar-refractivity contribution < 1.29 is 19.0 Å². The van der Waals surface area contributed by atoms with E-state index in [0.717, 1.165) is 24.5 Å². The van der Waals surface area contributed by atoms with Crippen LogP contribution in [0.4, 0.5) is 16.2 Å². The number of morpholine rings is 1. The molecule has 2 aliphatic rings. The van der Waals surface area contributed by atoms with Crippen molar-refractivity contribution in [3.63, 3.8) is 0 Å². The molecule has 1 fully saturated rings. The fraction of sp³-hybridized carbons (Fsp3) is 0.381. The highest BCUT2D eigenvalue weighted by Gasteiger charge is 2.24. The van der Waals surface area contributed by atoms with Crippen LogP contribution in [-0.4, -0.2) is 63.5 Å². The number of amides is 2. The molecular formula is C21H24ClN3O4. The van der Waals surface area contributed by atoms with Gasteiger partial charge in [-0.25, -0.2) is 4.79 Å². The average Bonchev–Trinajstić information content (AvgIpc) is 2.74. The fourth-order valence-corrected chi connectivity index (χ4v) is 3.61. The monoisotopic (exact) mass is 417 g/mol. The molecule has 0 unspecified atom stereocenters. The van der Waals surface area contributed by atoms with Crippen molar-refractivity contribution in [3.05, 3.63) is 47.5 Å². The maximum absolute atomic E-state index is 12.8. The molecular weight excluding hydrogens is 394 g/mol. The molecule has 8 heteroatoms. The number of carbonyl (C=O) groups is 1. The maximum atomic E-state index is 12.8. The summed E-state index contributed by atoms with van der Waals surface area (Å²) in [5.74, 6) is 1.42. The summed E-state index contributed by atoms with van der Waals surface area (Å²) in [5.41, 5.74) is 1.62. The molecule has 2 heterocycles. The number of fused-ring (bicyclic) bond motifs is 1. The van der Waals surface area contributed by atoms with E-state index in [1.54, 1.807) is 18.0 Å². The van der Waals surface area contributed by atoms with Gasteiger partial charge in [0, 0.05) is 25.2 Å². The number of ether oxygens (including phenoxy) is 3. The van der Waals surface area contributed by atoms with Crippen molar-refractivity contribution in [3.8, 4) is 11.5 Å². The van der Waals surface area contributed by atoms with E-state index in [2.05, 4.69) is 10.2 Å². The number of hydrogen-bond donors (Lipinski definition) is 1. The van der Waals surface area contributed by atoms with Crippen LogP contribution in [0.15, 0.2) is 42.5 Å². The highest BCUT2D eigenvalue weighted by atomic mass is 35.5. The lowest BCUT2D eigenvalue weighted by Crippen LogP contribution is -2.43. The number of urea groups is 1. The van der Waals surface area contributed by atoms with Crippen LogP contribution in [0.5, 0.6) is 11.5 Å². The zero-order valence-corrected chi connectivity index (χ0v) is 17.0. The van der Waals surface area contributed by atoms with Gasteiger partial charge in [0.25, 0.3) is 0 Å². The SMILES string of the molecule is CN(C[C@H]1COc2ccccc2O1)C(=O)Nc1cc(Cl)ccc1N1CCOCC1. The lowest BCUT2D eigenvalue weighted by Gasteiger charge is -2.32. The summed E-state index contributed by atoms with van der Waals surface area (Å²) < 4.78 is 17.1. The molecule has 2 aromatic carbocycles. The number of hydrogen-bond acceptors (Lipinski definition) is 5.